The molecular formula is C38H38Cl2SiZr. The maximum Gasteiger partial charge on any atom is -0.147 e. The van der Waals surface area contributed by atoms with Crippen LogP contribution in [0.5, 0.6) is 0 Å². The molecule has 0 saturated heterocycles. The van der Waals surface area contributed by atoms with Crippen molar-refractivity contribution < 1.29 is 23.3 Å². The van der Waals surface area contributed by atoms with Crippen LogP contribution in [0.3, 0.4) is 0 Å². The van der Waals surface area contributed by atoms with Gasteiger partial charge in [0.15, 0.2) is 0 Å². The van der Waals surface area contributed by atoms with Gasteiger partial charge in [0.2, 0.25) is 0 Å². The van der Waals surface area contributed by atoms with Crippen LogP contribution in [0.25, 0.3) is 44.5 Å². The van der Waals surface area contributed by atoms with Crippen LogP contribution in [0, 0.1) is 12.1 Å². The third-order valence-electron chi connectivity index (χ3n) is 6.59. The summed E-state index contributed by atoms with van der Waals surface area (Å²) in [7, 11) is 0. The molecule has 0 amide bonds. The average Bonchev–Trinajstić information content (AvgIpc) is 3.45. The Morgan fingerprint density at radius 1 is 0.500 bits per heavy atom. The zero-order valence-corrected chi connectivity index (χ0v) is 29.9. The smallest absolute Gasteiger partial charge is 0.147 e. The van der Waals surface area contributed by atoms with Crippen molar-refractivity contribution in [3.05, 3.63) is 145 Å². The summed E-state index contributed by atoms with van der Waals surface area (Å²) in [4.78, 5) is 0. The number of hydrogen-bond acceptors (Lipinski definition) is 0. The molecule has 0 nitrogen and oxygen atoms in total. The van der Waals surface area contributed by atoms with Gasteiger partial charge in [-0.1, -0.05) is 110 Å². The minimum Gasteiger partial charge on any atom is -0.147 e. The summed E-state index contributed by atoms with van der Waals surface area (Å²) in [6.07, 6.45) is 2.07. The van der Waals surface area contributed by atoms with E-state index in [0.29, 0.717) is 0 Å². The van der Waals surface area contributed by atoms with Gasteiger partial charge < -0.3 is 0 Å². The van der Waals surface area contributed by atoms with E-state index >= 15 is 0 Å². The Hall–Kier alpha value is -2.48. The molecule has 0 N–H and O–H groups in total. The van der Waals surface area contributed by atoms with Gasteiger partial charge in [-0.3, -0.25) is 0 Å². The molecule has 0 bridgehead atoms. The molecule has 6 rings (SSSR count). The molecule has 2 aromatic rings. The molecule has 42 heavy (non-hydrogen) atoms. The fraction of sp³-hybridized carbons (Fsp3) is 0.158. The molecule has 2 aromatic carbocycles. The van der Waals surface area contributed by atoms with E-state index in [1.165, 1.54) is 55.6 Å². The Balaban J connectivity index is 0.000000250. The monoisotopic (exact) mass is 682 g/mol. The van der Waals surface area contributed by atoms with Gasteiger partial charge in [0.25, 0.3) is 0 Å². The van der Waals surface area contributed by atoms with E-state index < -0.39 is 0 Å². The normalized spacial score (nSPS) is 9.86. The Morgan fingerprint density at radius 2 is 0.810 bits per heavy atom. The Morgan fingerprint density at radius 3 is 1.14 bits per heavy atom. The van der Waals surface area contributed by atoms with E-state index in [1.54, 1.807) is 23.3 Å². The summed E-state index contributed by atoms with van der Waals surface area (Å²) in [6.45, 7) is 8.96. The number of halogens is 2. The topological polar surface area (TPSA) is 0 Å². The van der Waals surface area contributed by atoms with Crippen molar-refractivity contribution in [2.24, 2.45) is 0 Å². The molecule has 4 aliphatic rings. The summed E-state index contributed by atoms with van der Waals surface area (Å²) in [6, 6.07) is 49.6. The van der Waals surface area contributed by atoms with Gasteiger partial charge in [0.1, 0.15) is 0 Å². The number of hydrogen-bond donors (Lipinski definition) is 0. The van der Waals surface area contributed by atoms with Crippen LogP contribution in [-0.4, -0.2) is 5.43 Å². The van der Waals surface area contributed by atoms with E-state index in [1.807, 2.05) is 0 Å². The number of aryl methyl sites for hydroxylation is 2. The van der Waals surface area contributed by atoms with Crippen LogP contribution >= 0.6 is 24.8 Å². The van der Waals surface area contributed by atoms with E-state index in [9.17, 15) is 0 Å². The van der Waals surface area contributed by atoms with Gasteiger partial charge in [-0.2, -0.15) is 23.3 Å². The SMILES string of the molecule is CCc1[c-]c2ccccc(-c3ccccc3)c-2c1.CCc1[c-]c2ccccc(-c3ccccc3)c-2c1.C[Si](C)=[Zr+2].Cl.Cl. The number of benzene rings is 2. The summed E-state index contributed by atoms with van der Waals surface area (Å²) in [5.74, 6) is 0. The largest absolute Gasteiger partial charge is 0.147 e. The van der Waals surface area contributed by atoms with E-state index in [0.717, 1.165) is 12.8 Å². The molecule has 0 radical (unpaired) electrons. The minimum atomic E-state index is 0. The van der Waals surface area contributed by atoms with Crippen molar-refractivity contribution in [2.45, 2.75) is 39.8 Å². The van der Waals surface area contributed by atoms with Gasteiger partial charge in [0, 0.05) is 0 Å². The van der Waals surface area contributed by atoms with Crippen molar-refractivity contribution in [3.8, 4) is 44.5 Å². The molecule has 0 saturated carbocycles. The maximum absolute atomic E-state index is 3.48. The summed E-state index contributed by atoms with van der Waals surface area (Å²) in [5.41, 5.74) is 12.9. The Bertz CT molecular complexity index is 1480. The van der Waals surface area contributed by atoms with Gasteiger partial charge in [0.05, 0.1) is 0 Å². The molecule has 0 heterocycles. The Labute approximate surface area is 280 Å². The molecule has 0 aromatic heterocycles. The first-order valence-corrected chi connectivity index (χ1v) is 20.2. The van der Waals surface area contributed by atoms with Crippen LogP contribution < -0.4 is 0 Å². The second-order valence-corrected chi connectivity index (χ2v) is 19.3. The van der Waals surface area contributed by atoms with Crippen LogP contribution in [0.4, 0.5) is 0 Å². The van der Waals surface area contributed by atoms with Gasteiger partial charge in [-0.05, 0) is 24.0 Å². The molecule has 212 valence electrons. The predicted molar refractivity (Wildman–Crippen MR) is 185 cm³/mol. The Kier molecular flexibility index (Phi) is 15.5. The quantitative estimate of drug-likeness (QED) is 0.128. The summed E-state index contributed by atoms with van der Waals surface area (Å²) >= 11 is 1.74. The zero-order valence-electron chi connectivity index (χ0n) is 24.8. The molecular weight excluding hydrogens is 647 g/mol. The minimum absolute atomic E-state index is 0. The molecule has 0 aliphatic heterocycles. The van der Waals surface area contributed by atoms with Crippen LogP contribution in [0.15, 0.2) is 121 Å². The maximum atomic E-state index is 3.48. The van der Waals surface area contributed by atoms with Gasteiger partial charge in [-0.15, -0.1) is 83.5 Å². The molecule has 0 spiro atoms. The van der Waals surface area contributed by atoms with Crippen molar-refractivity contribution in [1.29, 1.82) is 0 Å². The van der Waals surface area contributed by atoms with Crippen molar-refractivity contribution >= 4 is 30.2 Å². The average molecular weight is 685 g/mol. The van der Waals surface area contributed by atoms with Crippen molar-refractivity contribution in [3.63, 3.8) is 0 Å². The molecule has 0 unspecified atom stereocenters. The van der Waals surface area contributed by atoms with Gasteiger partial charge >= 0.3 is 41.9 Å². The fourth-order valence-corrected chi connectivity index (χ4v) is 4.67. The molecule has 4 aliphatic carbocycles. The van der Waals surface area contributed by atoms with E-state index in [4.69, 9.17) is 0 Å². The van der Waals surface area contributed by atoms with Crippen LogP contribution in [0.2, 0.25) is 13.1 Å². The number of fused-ring (bicyclic) bond motifs is 2. The second kappa shape index (κ2) is 18.2. The van der Waals surface area contributed by atoms with Crippen LogP contribution in [0.1, 0.15) is 25.0 Å². The first kappa shape index (κ1) is 35.7. The zero-order chi connectivity index (χ0) is 28.3. The van der Waals surface area contributed by atoms with Crippen molar-refractivity contribution in [1.82, 2.24) is 0 Å². The molecule has 4 heteroatoms. The molecule has 0 atom stereocenters. The summed E-state index contributed by atoms with van der Waals surface area (Å²) in [5, 5.41) is 0. The molecule has 0 fully saturated rings. The van der Waals surface area contributed by atoms with Crippen LogP contribution in [-0.2, 0) is 36.2 Å². The standard InChI is InChI=1S/2C18H15.C2H6Si.2ClH.Zr/c2*1-2-14-12-16-10-6-7-11-17(18(16)13-14)15-8-4-3-5-9-15;1-3-2;;;/h2*3-11,13H,2H2,1H3;1-2H3;2*1H;/q2*-1;;;;+2. The number of rotatable bonds is 4. The third kappa shape index (κ3) is 9.78. The fourth-order valence-electron chi connectivity index (χ4n) is 4.67. The first-order chi connectivity index (χ1) is 19.5. The van der Waals surface area contributed by atoms with Crippen molar-refractivity contribution in [2.75, 3.05) is 0 Å². The third-order valence-corrected chi connectivity index (χ3v) is 6.59. The van der Waals surface area contributed by atoms with Gasteiger partial charge in [-0.25, -0.2) is 0 Å². The first-order valence-electron chi connectivity index (χ1n) is 14.0. The summed E-state index contributed by atoms with van der Waals surface area (Å²) < 4.78 is 0. The second-order valence-electron chi connectivity index (χ2n) is 9.95. The predicted octanol–water partition coefficient (Wildman–Crippen LogP) is 11.3. The van der Waals surface area contributed by atoms with E-state index in [-0.39, 0.29) is 30.2 Å². The van der Waals surface area contributed by atoms with E-state index in [2.05, 4.69) is 160 Å².